The molecule has 0 aliphatic carbocycles. The minimum atomic E-state index is 0.111. The number of fused-ring (bicyclic) bond motifs is 1. The van der Waals surface area contributed by atoms with E-state index in [1.165, 1.54) is 0 Å². The summed E-state index contributed by atoms with van der Waals surface area (Å²) in [5.74, 6) is 1.00. The molecule has 4 rings (SSSR count). The van der Waals surface area contributed by atoms with E-state index in [4.69, 9.17) is 4.74 Å². The maximum atomic E-state index is 12.8. The molecule has 5 nitrogen and oxygen atoms in total. The molecule has 1 atom stereocenters. The van der Waals surface area contributed by atoms with Crippen molar-refractivity contribution >= 4 is 16.8 Å². The van der Waals surface area contributed by atoms with Crippen molar-refractivity contribution in [2.24, 2.45) is 0 Å². The maximum Gasteiger partial charge on any atom is 0.270 e. The van der Waals surface area contributed by atoms with Gasteiger partial charge < -0.3 is 19.5 Å². The summed E-state index contributed by atoms with van der Waals surface area (Å²) < 4.78 is 6.24. The van der Waals surface area contributed by atoms with Crippen LogP contribution in [0.15, 0.2) is 24.3 Å². The van der Waals surface area contributed by atoms with Crippen LogP contribution in [0.5, 0.6) is 5.75 Å². The zero-order valence-electron chi connectivity index (χ0n) is 16.7. The molecule has 2 aromatic rings. The molecule has 2 saturated heterocycles. The fourth-order valence-electron chi connectivity index (χ4n) is 4.39. The van der Waals surface area contributed by atoms with Gasteiger partial charge in [0.25, 0.3) is 5.91 Å². The number of hydrogen-bond donors (Lipinski definition) is 1. The lowest BCUT2D eigenvalue weighted by molar-refractivity contribution is 0.0742. The fraction of sp³-hybridized carbons (Fsp3) is 0.591. The minimum Gasteiger partial charge on any atom is -0.490 e. The lowest BCUT2D eigenvalue weighted by Crippen LogP contribution is -2.41. The summed E-state index contributed by atoms with van der Waals surface area (Å²) in [6, 6.07) is 9.02. The van der Waals surface area contributed by atoms with Gasteiger partial charge in [-0.05, 0) is 64.7 Å². The first-order valence-corrected chi connectivity index (χ1v) is 10.4. The van der Waals surface area contributed by atoms with Crippen LogP contribution >= 0.6 is 0 Å². The molecule has 5 heteroatoms. The molecule has 0 bridgehead atoms. The van der Waals surface area contributed by atoms with Crippen molar-refractivity contribution in [3.8, 4) is 5.75 Å². The van der Waals surface area contributed by atoms with Crippen LogP contribution in [-0.2, 0) is 0 Å². The van der Waals surface area contributed by atoms with Gasteiger partial charge in [-0.15, -0.1) is 0 Å². The molecule has 3 heterocycles. The van der Waals surface area contributed by atoms with E-state index in [-0.39, 0.29) is 12.0 Å². The number of aromatic nitrogens is 1. The van der Waals surface area contributed by atoms with E-state index < -0.39 is 0 Å². The molecule has 27 heavy (non-hydrogen) atoms. The van der Waals surface area contributed by atoms with E-state index in [9.17, 15) is 4.79 Å². The Morgan fingerprint density at radius 3 is 2.59 bits per heavy atom. The largest absolute Gasteiger partial charge is 0.490 e. The first-order valence-electron chi connectivity index (χ1n) is 10.4. The number of carbonyl (C=O) groups is 1. The predicted molar refractivity (Wildman–Crippen MR) is 108 cm³/mol. The predicted octanol–water partition coefficient (Wildman–Crippen LogP) is 4.04. The first kappa shape index (κ1) is 18.4. The number of amides is 1. The molecule has 1 amide bonds. The van der Waals surface area contributed by atoms with E-state index in [1.54, 1.807) is 0 Å². The number of benzene rings is 1. The van der Waals surface area contributed by atoms with Crippen molar-refractivity contribution in [2.45, 2.75) is 64.6 Å². The SMILES string of the molecule is CC(C)N1CCC(Oc2ccc3cc(C(=O)N4CCCC4C)[nH]c3c2)CC1. The number of nitrogens with one attached hydrogen (secondary N) is 1. The van der Waals surface area contributed by atoms with Crippen LogP contribution in [0.3, 0.4) is 0 Å². The average molecular weight is 370 g/mol. The topological polar surface area (TPSA) is 48.6 Å². The Hall–Kier alpha value is -2.01. The third-order valence-electron chi connectivity index (χ3n) is 6.15. The molecule has 2 aliphatic heterocycles. The third-order valence-corrected chi connectivity index (χ3v) is 6.15. The molecule has 0 saturated carbocycles. The second kappa shape index (κ2) is 7.55. The van der Waals surface area contributed by atoms with Gasteiger partial charge in [-0.1, -0.05) is 0 Å². The Morgan fingerprint density at radius 1 is 1.15 bits per heavy atom. The highest BCUT2D eigenvalue weighted by Gasteiger charge is 2.27. The molecule has 2 fully saturated rings. The van der Waals surface area contributed by atoms with Gasteiger partial charge in [0, 0.05) is 48.7 Å². The highest BCUT2D eigenvalue weighted by molar-refractivity contribution is 5.98. The number of rotatable bonds is 4. The molecule has 1 N–H and O–H groups in total. The second-order valence-corrected chi connectivity index (χ2v) is 8.37. The van der Waals surface area contributed by atoms with Crippen LogP contribution in [-0.4, -0.2) is 58.5 Å². The Kier molecular flexibility index (Phi) is 5.13. The molecule has 146 valence electrons. The van der Waals surface area contributed by atoms with Gasteiger partial charge in [-0.25, -0.2) is 0 Å². The van der Waals surface area contributed by atoms with Crippen molar-refractivity contribution in [2.75, 3.05) is 19.6 Å². The van der Waals surface area contributed by atoms with Gasteiger partial charge in [0.2, 0.25) is 0 Å². The fourth-order valence-corrected chi connectivity index (χ4v) is 4.39. The van der Waals surface area contributed by atoms with E-state index in [2.05, 4.69) is 36.7 Å². The van der Waals surface area contributed by atoms with Crippen LogP contribution in [0, 0.1) is 0 Å². The van der Waals surface area contributed by atoms with Crippen molar-refractivity contribution < 1.29 is 9.53 Å². The Balaban J connectivity index is 1.44. The summed E-state index contributed by atoms with van der Waals surface area (Å²) in [4.78, 5) is 20.6. The zero-order valence-corrected chi connectivity index (χ0v) is 16.7. The summed E-state index contributed by atoms with van der Waals surface area (Å²) in [6.07, 6.45) is 4.61. The molecule has 2 aliphatic rings. The Labute approximate surface area is 161 Å². The number of ether oxygens (including phenoxy) is 1. The number of piperidine rings is 1. The number of aromatic amines is 1. The number of H-pyrrole nitrogens is 1. The monoisotopic (exact) mass is 369 g/mol. The van der Waals surface area contributed by atoms with Gasteiger partial charge in [0.1, 0.15) is 17.5 Å². The highest BCUT2D eigenvalue weighted by atomic mass is 16.5. The summed E-state index contributed by atoms with van der Waals surface area (Å²) in [5.41, 5.74) is 1.66. The second-order valence-electron chi connectivity index (χ2n) is 8.37. The quantitative estimate of drug-likeness (QED) is 0.885. The van der Waals surface area contributed by atoms with Crippen LogP contribution < -0.4 is 4.74 Å². The summed E-state index contributed by atoms with van der Waals surface area (Å²) in [5, 5.41) is 1.06. The standard InChI is InChI=1S/C22H31N3O2/c1-15(2)24-11-8-18(9-12-24)27-19-7-6-17-13-21(23-20(17)14-19)22(26)25-10-4-5-16(25)3/h6-7,13-16,18,23H,4-5,8-12H2,1-3H3. The summed E-state index contributed by atoms with van der Waals surface area (Å²) in [7, 11) is 0. The minimum absolute atomic E-state index is 0.111. The van der Waals surface area contributed by atoms with Gasteiger partial charge >= 0.3 is 0 Å². The maximum absolute atomic E-state index is 12.8. The molecule has 1 aromatic heterocycles. The Morgan fingerprint density at radius 2 is 1.93 bits per heavy atom. The lowest BCUT2D eigenvalue weighted by atomic mass is 10.1. The molecular formula is C22H31N3O2. The average Bonchev–Trinajstić information content (AvgIpc) is 3.27. The van der Waals surface area contributed by atoms with Gasteiger partial charge in [-0.3, -0.25) is 4.79 Å². The molecule has 0 spiro atoms. The molecule has 0 radical (unpaired) electrons. The third kappa shape index (κ3) is 3.84. The first-order chi connectivity index (χ1) is 13.0. The normalized spacial score (nSPS) is 22.1. The van der Waals surface area contributed by atoms with Gasteiger partial charge in [-0.2, -0.15) is 0 Å². The van der Waals surface area contributed by atoms with Crippen molar-refractivity contribution in [3.05, 3.63) is 30.0 Å². The number of nitrogens with zero attached hydrogens (tertiary/aromatic N) is 2. The lowest BCUT2D eigenvalue weighted by Gasteiger charge is -2.34. The highest BCUT2D eigenvalue weighted by Crippen LogP contribution is 2.26. The number of hydrogen-bond acceptors (Lipinski definition) is 3. The molecular weight excluding hydrogens is 338 g/mol. The van der Waals surface area contributed by atoms with Crippen molar-refractivity contribution in [1.29, 1.82) is 0 Å². The van der Waals surface area contributed by atoms with E-state index in [1.807, 2.05) is 23.1 Å². The van der Waals surface area contributed by atoms with Crippen LogP contribution in [0.1, 0.15) is 56.9 Å². The van der Waals surface area contributed by atoms with Crippen LogP contribution in [0.2, 0.25) is 0 Å². The van der Waals surface area contributed by atoms with E-state index in [0.717, 1.165) is 62.0 Å². The van der Waals surface area contributed by atoms with E-state index >= 15 is 0 Å². The number of likely N-dealkylation sites (tertiary alicyclic amines) is 2. The Bertz CT molecular complexity index is 805. The van der Waals surface area contributed by atoms with Crippen molar-refractivity contribution in [3.63, 3.8) is 0 Å². The van der Waals surface area contributed by atoms with Gasteiger partial charge in [0.15, 0.2) is 0 Å². The molecule has 1 aromatic carbocycles. The van der Waals surface area contributed by atoms with Crippen LogP contribution in [0.4, 0.5) is 0 Å². The summed E-state index contributed by atoms with van der Waals surface area (Å²) in [6.45, 7) is 9.69. The van der Waals surface area contributed by atoms with Crippen molar-refractivity contribution in [1.82, 2.24) is 14.8 Å². The van der Waals surface area contributed by atoms with Gasteiger partial charge in [0.05, 0.1) is 0 Å². The van der Waals surface area contributed by atoms with E-state index in [0.29, 0.717) is 17.8 Å². The summed E-state index contributed by atoms with van der Waals surface area (Å²) >= 11 is 0. The van der Waals surface area contributed by atoms with Crippen LogP contribution in [0.25, 0.3) is 10.9 Å². The smallest absolute Gasteiger partial charge is 0.270 e. The zero-order chi connectivity index (χ0) is 19.0. The molecule has 1 unspecified atom stereocenters. The number of carbonyl (C=O) groups excluding carboxylic acids is 1.